The number of anilines is 1. The Hall–Kier alpha value is -3.02. The van der Waals surface area contributed by atoms with Gasteiger partial charge in [0.25, 0.3) is 0 Å². The molecule has 0 radical (unpaired) electrons. The average Bonchev–Trinajstić information content (AvgIpc) is 3.21. The van der Waals surface area contributed by atoms with Gasteiger partial charge in [-0.2, -0.15) is 4.39 Å². The lowest BCUT2D eigenvalue weighted by Gasteiger charge is -2.39. The zero-order chi connectivity index (χ0) is 21.6. The molecule has 12 heteroatoms. The smallest absolute Gasteiger partial charge is 0.415 e. The summed E-state index contributed by atoms with van der Waals surface area (Å²) >= 11 is 0. The van der Waals surface area contributed by atoms with Crippen molar-refractivity contribution in [2.24, 2.45) is 0 Å². The predicted molar refractivity (Wildman–Crippen MR) is 99.4 cm³/mol. The van der Waals surface area contributed by atoms with Gasteiger partial charge in [-0.25, -0.2) is 8.78 Å². The molecular formula is C18H20F3N5O4. The van der Waals surface area contributed by atoms with Gasteiger partial charge in [0.05, 0.1) is 19.3 Å². The highest BCUT2D eigenvalue weighted by molar-refractivity contribution is 5.60. The molecule has 1 fully saturated rings. The zero-order valence-corrected chi connectivity index (χ0v) is 16.4. The molecule has 9 nitrogen and oxygen atoms in total. The summed E-state index contributed by atoms with van der Waals surface area (Å²) < 4.78 is 53.6. The fourth-order valence-electron chi connectivity index (χ4n) is 3.98. The first-order valence-corrected chi connectivity index (χ1v) is 9.30. The lowest BCUT2D eigenvalue weighted by atomic mass is 10.1. The summed E-state index contributed by atoms with van der Waals surface area (Å²) in [4.78, 5) is 18.0. The number of fused-ring (bicyclic) bond motifs is 1. The molecule has 162 valence electrons. The topological polar surface area (TPSA) is 85.9 Å². The Balaban J connectivity index is 1.40. The highest BCUT2D eigenvalue weighted by Crippen LogP contribution is 2.35. The third-order valence-corrected chi connectivity index (χ3v) is 5.33. The van der Waals surface area contributed by atoms with Crippen molar-refractivity contribution in [3.05, 3.63) is 39.8 Å². The zero-order valence-electron chi connectivity index (χ0n) is 16.4. The van der Waals surface area contributed by atoms with Crippen molar-refractivity contribution in [3.63, 3.8) is 0 Å². The van der Waals surface area contributed by atoms with Crippen molar-refractivity contribution in [1.82, 2.24) is 14.5 Å². The van der Waals surface area contributed by atoms with Crippen LogP contribution in [0.15, 0.2) is 12.3 Å². The van der Waals surface area contributed by atoms with Crippen LogP contribution in [0, 0.1) is 27.6 Å². The fraction of sp³-hybridized carbons (Fsp3) is 0.500. The van der Waals surface area contributed by atoms with Crippen LogP contribution in [0.3, 0.4) is 0 Å². The van der Waals surface area contributed by atoms with Gasteiger partial charge in [0.15, 0.2) is 17.4 Å². The van der Waals surface area contributed by atoms with Crippen LogP contribution in [0.4, 0.5) is 24.7 Å². The van der Waals surface area contributed by atoms with Crippen molar-refractivity contribution >= 4 is 11.5 Å². The Morgan fingerprint density at radius 3 is 2.57 bits per heavy atom. The highest BCUT2D eigenvalue weighted by atomic mass is 19.2. The van der Waals surface area contributed by atoms with E-state index in [9.17, 15) is 23.3 Å². The van der Waals surface area contributed by atoms with Crippen molar-refractivity contribution < 1.29 is 27.6 Å². The van der Waals surface area contributed by atoms with Crippen LogP contribution in [0.5, 0.6) is 11.8 Å². The molecule has 1 saturated heterocycles. The Morgan fingerprint density at radius 1 is 1.27 bits per heavy atom. The van der Waals surface area contributed by atoms with Crippen molar-refractivity contribution in [1.29, 1.82) is 0 Å². The Bertz CT molecular complexity index is 967. The van der Waals surface area contributed by atoms with E-state index in [4.69, 9.17) is 9.47 Å². The summed E-state index contributed by atoms with van der Waals surface area (Å²) in [5.74, 6) is -4.74. The van der Waals surface area contributed by atoms with Gasteiger partial charge in [-0.15, -0.1) is 0 Å². The van der Waals surface area contributed by atoms with Crippen LogP contribution in [-0.2, 0) is 6.54 Å². The lowest BCUT2D eigenvalue weighted by molar-refractivity contribution is -0.389. The van der Waals surface area contributed by atoms with Gasteiger partial charge in [0, 0.05) is 43.8 Å². The van der Waals surface area contributed by atoms with Crippen molar-refractivity contribution in [3.8, 4) is 11.8 Å². The maximum Gasteiger partial charge on any atom is 0.415 e. The van der Waals surface area contributed by atoms with Crippen molar-refractivity contribution in [2.45, 2.75) is 19.1 Å². The number of hydrogen-bond acceptors (Lipinski definition) is 7. The summed E-state index contributed by atoms with van der Waals surface area (Å²) in [6.45, 7) is 4.91. The monoisotopic (exact) mass is 427 g/mol. The van der Waals surface area contributed by atoms with E-state index in [0.29, 0.717) is 39.3 Å². The van der Waals surface area contributed by atoms with E-state index in [1.807, 2.05) is 6.92 Å². The van der Waals surface area contributed by atoms with E-state index in [2.05, 4.69) is 9.88 Å². The number of benzene rings is 1. The first-order valence-electron chi connectivity index (χ1n) is 9.30. The molecule has 1 atom stereocenters. The number of hydrogen-bond donors (Lipinski definition) is 0. The van der Waals surface area contributed by atoms with Crippen LogP contribution in [0.2, 0.25) is 0 Å². The van der Waals surface area contributed by atoms with Crippen LogP contribution in [-0.4, -0.2) is 64.8 Å². The number of methoxy groups -OCH3 is 1. The van der Waals surface area contributed by atoms with E-state index in [1.165, 1.54) is 13.3 Å². The Morgan fingerprint density at radius 2 is 1.97 bits per heavy atom. The third kappa shape index (κ3) is 3.51. The molecule has 3 heterocycles. The minimum atomic E-state index is -1.56. The Kier molecular flexibility index (Phi) is 4.96. The van der Waals surface area contributed by atoms with Gasteiger partial charge in [-0.1, -0.05) is 0 Å². The molecule has 2 aromatic rings. The van der Waals surface area contributed by atoms with Gasteiger partial charge < -0.3 is 24.5 Å². The number of piperazine rings is 1. The van der Waals surface area contributed by atoms with E-state index in [1.54, 1.807) is 9.47 Å². The molecule has 2 aliphatic rings. The Labute approximate surface area is 169 Å². The molecule has 1 aromatic carbocycles. The van der Waals surface area contributed by atoms with Crippen LogP contribution < -0.4 is 14.4 Å². The largest absolute Gasteiger partial charge is 0.491 e. The van der Waals surface area contributed by atoms with E-state index < -0.39 is 28.0 Å². The normalized spacial score (nSPS) is 21.4. The van der Waals surface area contributed by atoms with Gasteiger partial charge in [-0.05, 0) is 11.8 Å². The second-order valence-corrected chi connectivity index (χ2v) is 7.62. The summed E-state index contributed by atoms with van der Waals surface area (Å²) in [5, 5.41) is 10.8. The summed E-state index contributed by atoms with van der Waals surface area (Å²) in [7, 11) is 1.21. The molecule has 0 amide bonds. The highest BCUT2D eigenvalue weighted by Gasteiger charge is 2.42. The third-order valence-electron chi connectivity index (χ3n) is 5.33. The SMILES string of the molecule is COc1c(N2CCN(C[C@@]3(C)Cn4cc([N+](=O)[O-])nc4O3)CC2)cc(F)c(F)c1F. The van der Waals surface area contributed by atoms with E-state index >= 15 is 0 Å². The minimum Gasteiger partial charge on any atom is -0.491 e. The number of nitrogens with zero attached hydrogens (tertiary/aromatic N) is 5. The molecule has 0 N–H and O–H groups in total. The predicted octanol–water partition coefficient (Wildman–Crippen LogP) is 2.19. The van der Waals surface area contributed by atoms with Crippen LogP contribution in [0.1, 0.15) is 6.92 Å². The summed E-state index contributed by atoms with van der Waals surface area (Å²) in [6, 6.07) is 1.16. The summed E-state index contributed by atoms with van der Waals surface area (Å²) in [5.41, 5.74) is -0.435. The molecule has 0 saturated carbocycles. The maximum atomic E-state index is 14.0. The van der Waals surface area contributed by atoms with Gasteiger partial charge in [-0.3, -0.25) is 9.47 Å². The minimum absolute atomic E-state index is 0.171. The number of rotatable bonds is 5. The van der Waals surface area contributed by atoms with Crippen LogP contribution >= 0.6 is 0 Å². The first-order chi connectivity index (χ1) is 14.2. The first kappa shape index (κ1) is 20.3. The molecule has 4 rings (SSSR count). The number of halogens is 3. The fourth-order valence-corrected chi connectivity index (χ4v) is 3.98. The average molecular weight is 427 g/mol. The van der Waals surface area contributed by atoms with E-state index in [-0.39, 0.29) is 23.3 Å². The number of nitro groups is 1. The standard InChI is InChI=1S/C18H20F3N5O4/c1-18(10-25-8-13(26(27)28)22-17(25)30-18)9-23-3-5-24(6-4-23)12-7-11(19)14(20)15(21)16(12)29-2/h7-8H,3-6,9-10H2,1-2H3/t18-/m0/s1. The number of aromatic nitrogens is 2. The molecule has 0 aliphatic carbocycles. The van der Waals surface area contributed by atoms with Gasteiger partial charge in [0.2, 0.25) is 5.82 Å². The molecule has 0 spiro atoms. The second kappa shape index (κ2) is 7.35. The molecule has 30 heavy (non-hydrogen) atoms. The van der Waals surface area contributed by atoms with Gasteiger partial charge in [0.1, 0.15) is 11.8 Å². The second-order valence-electron chi connectivity index (χ2n) is 7.62. The molecular weight excluding hydrogens is 407 g/mol. The number of ether oxygens (including phenoxy) is 2. The maximum absolute atomic E-state index is 14.0. The summed E-state index contributed by atoms with van der Waals surface area (Å²) in [6.07, 6.45) is 1.35. The van der Waals surface area contributed by atoms with Crippen LogP contribution in [0.25, 0.3) is 0 Å². The quantitative estimate of drug-likeness (QED) is 0.411. The molecule has 0 bridgehead atoms. The molecule has 0 unspecified atom stereocenters. The van der Waals surface area contributed by atoms with Gasteiger partial charge >= 0.3 is 11.8 Å². The molecule has 2 aliphatic heterocycles. The van der Waals surface area contributed by atoms with Crippen molar-refractivity contribution in [2.75, 3.05) is 44.7 Å². The molecule has 1 aromatic heterocycles. The lowest BCUT2D eigenvalue weighted by Crippen LogP contribution is -2.53. The number of imidazole rings is 1. The van der Waals surface area contributed by atoms with E-state index in [0.717, 1.165) is 6.07 Å².